The molecule has 14 heavy (non-hydrogen) atoms. The van der Waals surface area contributed by atoms with Crippen LogP contribution in [0.15, 0.2) is 12.2 Å². The van der Waals surface area contributed by atoms with Gasteiger partial charge in [-0.25, -0.2) is 13.1 Å². The maximum absolute atomic E-state index is 10.9. The highest BCUT2D eigenvalue weighted by Crippen LogP contribution is 2.07. The van der Waals surface area contributed by atoms with E-state index in [-0.39, 0.29) is 0 Å². The van der Waals surface area contributed by atoms with E-state index in [1.807, 2.05) is 0 Å². The smallest absolute Gasteiger partial charge is 0.208 e. The highest BCUT2D eigenvalue weighted by molar-refractivity contribution is 14.1. The molecular weight excluding hydrogens is 313 g/mol. The van der Waals surface area contributed by atoms with E-state index in [1.165, 1.54) is 6.26 Å². The Hall–Kier alpha value is 0.380. The highest BCUT2D eigenvalue weighted by atomic mass is 127. The lowest BCUT2D eigenvalue weighted by Crippen LogP contribution is -2.27. The molecule has 0 amide bonds. The predicted molar refractivity (Wildman–Crippen MR) is 69.2 cm³/mol. The molecule has 0 rings (SSSR count). The Balaban J connectivity index is 4.04. The number of hydrogen-bond acceptors (Lipinski definition) is 2. The third kappa shape index (κ3) is 8.96. The lowest BCUT2D eigenvalue weighted by Gasteiger charge is -2.10. The zero-order chi connectivity index (χ0) is 11.2. The van der Waals surface area contributed by atoms with Crippen LogP contribution in [-0.2, 0) is 10.0 Å². The van der Waals surface area contributed by atoms with E-state index in [4.69, 9.17) is 0 Å². The molecule has 2 unspecified atom stereocenters. The van der Waals surface area contributed by atoms with Crippen LogP contribution in [0.25, 0.3) is 0 Å². The normalized spacial score (nSPS) is 17.1. The first-order valence-electron chi connectivity index (χ1n) is 4.62. The van der Waals surface area contributed by atoms with Gasteiger partial charge in [0.05, 0.1) is 6.26 Å². The molecule has 3 nitrogen and oxygen atoms in total. The molecule has 0 aliphatic heterocycles. The minimum absolute atomic E-state index is 0.293. The molecule has 5 heteroatoms. The summed E-state index contributed by atoms with van der Waals surface area (Å²) in [7, 11) is -3.05. The van der Waals surface area contributed by atoms with E-state index in [1.54, 1.807) is 0 Å². The Morgan fingerprint density at radius 1 is 1.43 bits per heavy atom. The summed E-state index contributed by atoms with van der Waals surface area (Å²) in [4.78, 5) is 0. The monoisotopic (exact) mass is 331 g/mol. The second kappa shape index (κ2) is 6.79. The van der Waals surface area contributed by atoms with E-state index in [0.717, 1.165) is 6.42 Å². The number of hydrogen-bond donors (Lipinski definition) is 1. The van der Waals surface area contributed by atoms with Crippen molar-refractivity contribution in [3.05, 3.63) is 12.2 Å². The van der Waals surface area contributed by atoms with Crippen LogP contribution in [0.1, 0.15) is 20.3 Å². The Labute approximate surface area is 101 Å². The second-order valence-corrected chi connectivity index (χ2v) is 7.15. The van der Waals surface area contributed by atoms with Crippen LogP contribution in [0, 0.1) is 5.92 Å². The van der Waals surface area contributed by atoms with Crippen molar-refractivity contribution in [3.8, 4) is 0 Å². The average molecular weight is 331 g/mol. The minimum Gasteiger partial charge on any atom is -0.215 e. The maximum atomic E-state index is 10.9. The average Bonchev–Trinajstić information content (AvgIpc) is 2.02. The predicted octanol–water partition coefficient (Wildman–Crippen LogP) is 1.94. The van der Waals surface area contributed by atoms with Crippen molar-refractivity contribution >= 4 is 32.6 Å². The van der Waals surface area contributed by atoms with E-state index in [2.05, 4.69) is 53.3 Å². The quantitative estimate of drug-likeness (QED) is 0.459. The van der Waals surface area contributed by atoms with Crippen molar-refractivity contribution in [1.82, 2.24) is 4.72 Å². The Bertz CT molecular complexity index is 273. The largest absolute Gasteiger partial charge is 0.215 e. The van der Waals surface area contributed by atoms with E-state index >= 15 is 0 Å². The summed E-state index contributed by atoms with van der Waals surface area (Å²) in [5.74, 6) is 0.293. The number of allylic oxidation sites excluding steroid dienone is 1. The summed E-state index contributed by atoms with van der Waals surface area (Å²) in [6, 6.07) is 0. The number of sulfonamides is 1. The molecule has 2 atom stereocenters. The highest BCUT2D eigenvalue weighted by Gasteiger charge is 2.06. The van der Waals surface area contributed by atoms with Gasteiger partial charge in [-0.1, -0.05) is 41.7 Å². The zero-order valence-electron chi connectivity index (χ0n) is 8.83. The molecule has 0 heterocycles. The van der Waals surface area contributed by atoms with Crippen LogP contribution < -0.4 is 4.72 Å². The molecule has 0 aliphatic carbocycles. The number of nitrogens with one attached hydrogen (secondary N) is 1. The topological polar surface area (TPSA) is 46.2 Å². The molecule has 0 radical (unpaired) electrons. The molecule has 0 spiro atoms. The summed E-state index contributed by atoms with van der Waals surface area (Å²) >= 11 is 2.31. The number of alkyl halides is 1. The van der Waals surface area contributed by atoms with Crippen LogP contribution in [0.2, 0.25) is 0 Å². The van der Waals surface area contributed by atoms with Crippen molar-refractivity contribution in [1.29, 1.82) is 0 Å². The summed E-state index contributed by atoms with van der Waals surface area (Å²) < 4.78 is 24.7. The van der Waals surface area contributed by atoms with Gasteiger partial charge >= 0.3 is 0 Å². The van der Waals surface area contributed by atoms with E-state index in [0.29, 0.717) is 16.4 Å². The SMILES string of the molecule is CCC(/C=C\C(C)I)CNS(C)(=O)=O. The van der Waals surface area contributed by atoms with Gasteiger partial charge in [-0.3, -0.25) is 0 Å². The third-order valence-corrected chi connectivity index (χ3v) is 2.89. The first-order valence-corrected chi connectivity index (χ1v) is 7.76. The van der Waals surface area contributed by atoms with Crippen molar-refractivity contribution in [2.75, 3.05) is 12.8 Å². The van der Waals surface area contributed by atoms with Gasteiger partial charge in [0.1, 0.15) is 0 Å². The molecule has 0 aliphatic rings. The van der Waals surface area contributed by atoms with Gasteiger partial charge in [-0.15, -0.1) is 0 Å². The molecule has 0 saturated heterocycles. The first-order chi connectivity index (χ1) is 6.35. The molecule has 0 bridgehead atoms. The van der Waals surface area contributed by atoms with Gasteiger partial charge in [-0.2, -0.15) is 0 Å². The molecule has 0 saturated carbocycles. The van der Waals surface area contributed by atoms with E-state index in [9.17, 15) is 8.42 Å². The molecule has 0 aromatic carbocycles. The van der Waals surface area contributed by atoms with Crippen LogP contribution >= 0.6 is 22.6 Å². The fourth-order valence-electron chi connectivity index (χ4n) is 0.917. The van der Waals surface area contributed by atoms with Crippen molar-refractivity contribution in [2.24, 2.45) is 5.92 Å². The van der Waals surface area contributed by atoms with Gasteiger partial charge in [0.2, 0.25) is 10.0 Å². The molecule has 0 fully saturated rings. The molecule has 0 aromatic rings. The van der Waals surface area contributed by atoms with Crippen molar-refractivity contribution in [3.63, 3.8) is 0 Å². The van der Waals surface area contributed by atoms with Gasteiger partial charge in [-0.05, 0) is 19.3 Å². The third-order valence-electron chi connectivity index (χ3n) is 1.78. The Morgan fingerprint density at radius 2 is 2.00 bits per heavy atom. The van der Waals surface area contributed by atoms with Crippen molar-refractivity contribution in [2.45, 2.75) is 24.2 Å². The van der Waals surface area contributed by atoms with Gasteiger partial charge in [0.15, 0.2) is 0 Å². The van der Waals surface area contributed by atoms with Crippen molar-refractivity contribution < 1.29 is 8.42 Å². The van der Waals surface area contributed by atoms with E-state index < -0.39 is 10.0 Å². The van der Waals surface area contributed by atoms with Crippen LogP contribution in [0.3, 0.4) is 0 Å². The summed E-state index contributed by atoms with van der Waals surface area (Å²) in [6.07, 6.45) is 6.31. The van der Waals surface area contributed by atoms with Crippen LogP contribution in [0.4, 0.5) is 0 Å². The Kier molecular flexibility index (Phi) is 6.97. The van der Waals surface area contributed by atoms with Crippen LogP contribution in [-0.4, -0.2) is 25.1 Å². The number of rotatable bonds is 6. The maximum Gasteiger partial charge on any atom is 0.208 e. The molecule has 0 aromatic heterocycles. The van der Waals surface area contributed by atoms with Crippen LogP contribution in [0.5, 0.6) is 0 Å². The fourth-order valence-corrected chi connectivity index (χ4v) is 1.67. The second-order valence-electron chi connectivity index (χ2n) is 3.35. The fraction of sp³-hybridized carbons (Fsp3) is 0.778. The summed E-state index contributed by atoms with van der Waals surface area (Å²) in [6.45, 7) is 4.64. The van der Waals surface area contributed by atoms with Gasteiger partial charge in [0.25, 0.3) is 0 Å². The minimum atomic E-state index is -3.05. The molecule has 1 N–H and O–H groups in total. The molecule has 84 valence electrons. The lowest BCUT2D eigenvalue weighted by molar-refractivity contribution is 0.561. The van der Waals surface area contributed by atoms with Gasteiger partial charge in [0, 0.05) is 10.5 Å². The zero-order valence-corrected chi connectivity index (χ0v) is 11.8. The number of halogens is 1. The lowest BCUT2D eigenvalue weighted by atomic mass is 10.1. The summed E-state index contributed by atoms with van der Waals surface area (Å²) in [5, 5.41) is 0. The summed E-state index contributed by atoms with van der Waals surface area (Å²) in [5.41, 5.74) is 0. The van der Waals surface area contributed by atoms with Gasteiger partial charge < -0.3 is 0 Å². The molecular formula is C9H18INO2S. The first kappa shape index (κ1) is 14.4. The standard InChI is InChI=1S/C9H18INO2S/c1-4-9(6-5-8(2)10)7-11-14(3,12)13/h5-6,8-9,11H,4,7H2,1-3H3/b6-5-. The Morgan fingerprint density at radius 3 is 2.36 bits per heavy atom.